The Kier molecular flexibility index (Phi) is 8.18. The van der Waals surface area contributed by atoms with Crippen molar-refractivity contribution in [3.05, 3.63) is 63.6 Å². The van der Waals surface area contributed by atoms with Gasteiger partial charge in [-0.05, 0) is 48.5 Å². The van der Waals surface area contributed by atoms with E-state index in [0.29, 0.717) is 10.6 Å². The van der Waals surface area contributed by atoms with E-state index in [9.17, 15) is 22.8 Å². The largest absolute Gasteiger partial charge is 0.455 e. The van der Waals surface area contributed by atoms with Crippen LogP contribution in [0.25, 0.3) is 0 Å². The average molecular weight is 504 g/mol. The van der Waals surface area contributed by atoms with Crippen LogP contribution in [0.1, 0.15) is 16.8 Å². The fourth-order valence-electron chi connectivity index (χ4n) is 2.03. The average Bonchev–Trinajstić information content (AvgIpc) is 2.70. The van der Waals surface area contributed by atoms with Crippen LogP contribution in [-0.2, 0) is 24.2 Å². The van der Waals surface area contributed by atoms with Gasteiger partial charge in [0.2, 0.25) is 0 Å². The summed E-state index contributed by atoms with van der Waals surface area (Å²) in [6.45, 7) is -0.666. The van der Waals surface area contributed by atoms with E-state index in [1.165, 1.54) is 24.3 Å². The first-order chi connectivity index (χ1) is 13.7. The Balaban J connectivity index is 1.72. The number of ether oxygens (including phenoxy) is 1. The maximum Gasteiger partial charge on any atom is 0.307 e. The summed E-state index contributed by atoms with van der Waals surface area (Å²) < 4.78 is 29.8. The normalized spacial score (nSPS) is 10.8. The number of hydrazine groups is 1. The SMILES string of the molecule is O=C(COC(=O)CCS(=O)(=O)c1ccc(Cl)cc1)NNC(=O)c1ccc(Br)cc1. The van der Waals surface area contributed by atoms with Crippen LogP contribution >= 0.6 is 27.5 Å². The van der Waals surface area contributed by atoms with Crippen molar-refractivity contribution in [1.29, 1.82) is 0 Å². The van der Waals surface area contributed by atoms with E-state index < -0.39 is 46.4 Å². The highest BCUT2D eigenvalue weighted by Crippen LogP contribution is 2.16. The molecule has 0 aliphatic heterocycles. The molecule has 0 saturated carbocycles. The van der Waals surface area contributed by atoms with E-state index >= 15 is 0 Å². The molecule has 11 heteroatoms. The number of sulfone groups is 1. The Morgan fingerprint density at radius 1 is 0.966 bits per heavy atom. The van der Waals surface area contributed by atoms with Gasteiger partial charge in [-0.3, -0.25) is 25.2 Å². The predicted molar refractivity (Wildman–Crippen MR) is 109 cm³/mol. The van der Waals surface area contributed by atoms with Crippen LogP contribution in [0.4, 0.5) is 0 Å². The zero-order valence-corrected chi connectivity index (χ0v) is 18.0. The van der Waals surface area contributed by atoms with Gasteiger partial charge in [-0.15, -0.1) is 0 Å². The van der Waals surface area contributed by atoms with Crippen LogP contribution in [0.2, 0.25) is 5.02 Å². The van der Waals surface area contributed by atoms with Gasteiger partial charge >= 0.3 is 5.97 Å². The van der Waals surface area contributed by atoms with Crippen molar-refractivity contribution in [2.75, 3.05) is 12.4 Å². The Morgan fingerprint density at radius 2 is 1.59 bits per heavy atom. The van der Waals surface area contributed by atoms with E-state index in [1.807, 2.05) is 0 Å². The highest BCUT2D eigenvalue weighted by Gasteiger charge is 2.18. The number of carbonyl (C=O) groups excluding carboxylic acids is 3. The van der Waals surface area contributed by atoms with Crippen LogP contribution in [0.5, 0.6) is 0 Å². The molecule has 0 radical (unpaired) electrons. The number of amides is 2. The lowest BCUT2D eigenvalue weighted by atomic mass is 10.2. The molecule has 0 spiro atoms. The van der Waals surface area contributed by atoms with E-state index in [4.69, 9.17) is 16.3 Å². The van der Waals surface area contributed by atoms with Gasteiger partial charge in [0.1, 0.15) is 0 Å². The summed E-state index contributed by atoms with van der Waals surface area (Å²) in [5.74, 6) is -2.66. The minimum atomic E-state index is -3.69. The van der Waals surface area contributed by atoms with Gasteiger partial charge in [0.05, 0.1) is 17.1 Å². The zero-order valence-electron chi connectivity index (χ0n) is 14.9. The van der Waals surface area contributed by atoms with Crippen LogP contribution < -0.4 is 10.9 Å². The molecule has 8 nitrogen and oxygen atoms in total. The maximum absolute atomic E-state index is 12.1. The van der Waals surface area contributed by atoms with Gasteiger partial charge < -0.3 is 4.74 Å². The lowest BCUT2D eigenvalue weighted by Crippen LogP contribution is -2.43. The molecular weight excluding hydrogens is 488 g/mol. The molecule has 2 aromatic carbocycles. The third-order valence-electron chi connectivity index (χ3n) is 3.53. The van der Waals surface area contributed by atoms with Crippen molar-refractivity contribution in [1.82, 2.24) is 10.9 Å². The number of hydrogen-bond donors (Lipinski definition) is 2. The molecule has 0 fully saturated rings. The summed E-state index contributed by atoms with van der Waals surface area (Å²) in [4.78, 5) is 35.2. The molecule has 0 saturated heterocycles. The second kappa shape index (κ2) is 10.4. The number of hydrogen-bond acceptors (Lipinski definition) is 6. The molecule has 0 aromatic heterocycles. The molecule has 0 aliphatic carbocycles. The van der Waals surface area contributed by atoms with Crippen LogP contribution in [0.15, 0.2) is 57.9 Å². The second-order valence-electron chi connectivity index (χ2n) is 5.69. The summed E-state index contributed by atoms with van der Waals surface area (Å²) in [6.07, 6.45) is -0.427. The molecule has 29 heavy (non-hydrogen) atoms. The van der Waals surface area contributed by atoms with Gasteiger partial charge in [0, 0.05) is 15.1 Å². The molecule has 0 atom stereocenters. The number of halogens is 2. The van der Waals surface area contributed by atoms with Crippen molar-refractivity contribution in [3.8, 4) is 0 Å². The third kappa shape index (κ3) is 7.48. The second-order valence-corrected chi connectivity index (χ2v) is 9.15. The van der Waals surface area contributed by atoms with Gasteiger partial charge in [-0.2, -0.15) is 0 Å². The number of nitrogens with one attached hydrogen (secondary N) is 2. The topological polar surface area (TPSA) is 119 Å². The minimum absolute atomic E-state index is 0.0306. The molecule has 0 unspecified atom stereocenters. The first kappa shape index (κ1) is 22.9. The number of esters is 1. The van der Waals surface area contributed by atoms with Crippen molar-refractivity contribution in [2.45, 2.75) is 11.3 Å². The molecule has 0 bridgehead atoms. The molecule has 2 aromatic rings. The van der Waals surface area contributed by atoms with Crippen LogP contribution in [0.3, 0.4) is 0 Å². The van der Waals surface area contributed by atoms with Crippen molar-refractivity contribution in [2.24, 2.45) is 0 Å². The number of benzene rings is 2. The summed E-state index contributed by atoms with van der Waals surface area (Å²) in [6, 6.07) is 12.0. The molecule has 2 N–H and O–H groups in total. The Labute approximate surface area is 180 Å². The Morgan fingerprint density at radius 3 is 2.21 bits per heavy atom. The van der Waals surface area contributed by atoms with Crippen LogP contribution in [0, 0.1) is 0 Å². The fraction of sp³-hybridized carbons (Fsp3) is 0.167. The molecule has 154 valence electrons. The smallest absolute Gasteiger partial charge is 0.307 e. The fourth-order valence-corrected chi connectivity index (χ4v) is 3.64. The van der Waals surface area contributed by atoms with Crippen molar-refractivity contribution in [3.63, 3.8) is 0 Å². The number of rotatable bonds is 7. The minimum Gasteiger partial charge on any atom is -0.455 e. The van der Waals surface area contributed by atoms with E-state index in [2.05, 4.69) is 26.8 Å². The Hall–Kier alpha value is -2.43. The third-order valence-corrected chi connectivity index (χ3v) is 6.05. The summed E-state index contributed by atoms with van der Waals surface area (Å²) in [5, 5.41) is 0.390. The van der Waals surface area contributed by atoms with E-state index in [1.54, 1.807) is 24.3 Å². The highest BCUT2D eigenvalue weighted by molar-refractivity contribution is 9.10. The monoisotopic (exact) mass is 502 g/mol. The molecule has 0 aliphatic rings. The summed E-state index contributed by atoms with van der Waals surface area (Å²) >= 11 is 8.95. The first-order valence-corrected chi connectivity index (χ1v) is 11.0. The highest BCUT2D eigenvalue weighted by atomic mass is 79.9. The van der Waals surface area contributed by atoms with E-state index in [0.717, 1.165) is 4.47 Å². The quantitative estimate of drug-likeness (QED) is 0.442. The van der Waals surface area contributed by atoms with E-state index in [-0.39, 0.29) is 4.90 Å². The van der Waals surface area contributed by atoms with Crippen LogP contribution in [-0.4, -0.2) is 38.6 Å². The zero-order chi connectivity index (χ0) is 21.4. The van der Waals surface area contributed by atoms with Gasteiger partial charge in [-0.1, -0.05) is 27.5 Å². The Bertz CT molecular complexity index is 994. The van der Waals surface area contributed by atoms with Crippen molar-refractivity contribution >= 4 is 55.2 Å². The van der Waals surface area contributed by atoms with Gasteiger partial charge in [0.15, 0.2) is 16.4 Å². The first-order valence-electron chi connectivity index (χ1n) is 8.16. The lowest BCUT2D eigenvalue weighted by molar-refractivity contribution is -0.148. The lowest BCUT2D eigenvalue weighted by Gasteiger charge is -2.08. The van der Waals surface area contributed by atoms with Gasteiger partial charge in [-0.25, -0.2) is 8.42 Å². The molecule has 2 rings (SSSR count). The summed E-state index contributed by atoms with van der Waals surface area (Å²) in [5.41, 5.74) is 4.59. The van der Waals surface area contributed by atoms with Crippen molar-refractivity contribution < 1.29 is 27.5 Å². The summed E-state index contributed by atoms with van der Waals surface area (Å²) in [7, 11) is -3.69. The molecule has 0 heterocycles. The molecular formula is C18H16BrClN2O6S. The predicted octanol–water partition coefficient (Wildman–Crippen LogP) is 2.27. The standard InChI is InChI=1S/C18H16BrClN2O6S/c19-13-3-1-12(2-4-13)18(25)22-21-16(23)11-28-17(24)9-10-29(26,27)15-7-5-14(20)6-8-15/h1-8H,9-11H2,(H,21,23)(H,22,25). The number of carbonyl (C=O) groups is 3. The molecule has 2 amide bonds. The van der Waals surface area contributed by atoms with Gasteiger partial charge in [0.25, 0.3) is 11.8 Å². The maximum atomic E-state index is 12.1.